The number of unbranched alkanes of at least 4 members (excludes halogenated alkanes) is 1. The molecule has 2 amide bonds. The Kier molecular flexibility index (Phi) is 6.05. The first-order valence-electron chi connectivity index (χ1n) is 9.42. The fraction of sp³-hybridized carbons (Fsp3) is 0.364. The van der Waals surface area contributed by atoms with Crippen molar-refractivity contribution >= 4 is 17.5 Å². The van der Waals surface area contributed by atoms with Crippen LogP contribution in [-0.4, -0.2) is 29.8 Å². The van der Waals surface area contributed by atoms with Crippen LogP contribution in [0, 0.1) is 0 Å². The van der Waals surface area contributed by atoms with E-state index in [1.165, 1.54) is 0 Å². The van der Waals surface area contributed by atoms with Crippen molar-refractivity contribution in [1.29, 1.82) is 0 Å². The van der Waals surface area contributed by atoms with Crippen LogP contribution in [0.15, 0.2) is 54.6 Å². The molecule has 136 valence electrons. The van der Waals surface area contributed by atoms with Crippen LogP contribution in [0.25, 0.3) is 0 Å². The Morgan fingerprint density at radius 3 is 2.42 bits per heavy atom. The lowest BCUT2D eigenvalue weighted by Gasteiger charge is -2.23. The van der Waals surface area contributed by atoms with Crippen LogP contribution in [-0.2, 0) is 11.3 Å². The van der Waals surface area contributed by atoms with E-state index in [9.17, 15) is 9.59 Å². The molecule has 1 aliphatic heterocycles. The van der Waals surface area contributed by atoms with Gasteiger partial charge in [0.1, 0.15) is 0 Å². The molecule has 2 aromatic carbocycles. The summed E-state index contributed by atoms with van der Waals surface area (Å²) < 4.78 is 0. The molecule has 4 heteroatoms. The molecule has 26 heavy (non-hydrogen) atoms. The molecule has 0 aromatic heterocycles. The first-order valence-corrected chi connectivity index (χ1v) is 9.42. The predicted molar refractivity (Wildman–Crippen MR) is 104 cm³/mol. The maximum Gasteiger partial charge on any atom is 0.258 e. The van der Waals surface area contributed by atoms with Crippen molar-refractivity contribution < 1.29 is 9.59 Å². The summed E-state index contributed by atoms with van der Waals surface area (Å²) in [6.45, 7) is 4.30. The number of nitrogens with zero attached hydrogens (tertiary/aromatic N) is 2. The number of hydrogen-bond acceptors (Lipinski definition) is 2. The van der Waals surface area contributed by atoms with Gasteiger partial charge in [0, 0.05) is 37.3 Å². The lowest BCUT2D eigenvalue weighted by molar-refractivity contribution is -0.128. The van der Waals surface area contributed by atoms with Crippen molar-refractivity contribution in [3.8, 4) is 0 Å². The Bertz CT molecular complexity index is 740. The maximum atomic E-state index is 13.0. The summed E-state index contributed by atoms with van der Waals surface area (Å²) in [6.07, 6.45) is 3.61. The molecule has 1 heterocycles. The van der Waals surface area contributed by atoms with Crippen LogP contribution < -0.4 is 4.90 Å². The summed E-state index contributed by atoms with van der Waals surface area (Å²) >= 11 is 0. The zero-order valence-electron chi connectivity index (χ0n) is 15.4. The summed E-state index contributed by atoms with van der Waals surface area (Å²) in [5.74, 6) is 0.244. The third kappa shape index (κ3) is 4.31. The Morgan fingerprint density at radius 2 is 1.81 bits per heavy atom. The van der Waals surface area contributed by atoms with Crippen molar-refractivity contribution in [3.63, 3.8) is 0 Å². The minimum atomic E-state index is 0.0217. The summed E-state index contributed by atoms with van der Waals surface area (Å²) in [7, 11) is 0. The highest BCUT2D eigenvalue weighted by atomic mass is 16.2. The van der Waals surface area contributed by atoms with E-state index in [0.29, 0.717) is 25.1 Å². The zero-order valence-corrected chi connectivity index (χ0v) is 15.4. The van der Waals surface area contributed by atoms with Gasteiger partial charge in [0.2, 0.25) is 5.91 Å². The van der Waals surface area contributed by atoms with Crippen molar-refractivity contribution in [2.24, 2.45) is 0 Å². The van der Waals surface area contributed by atoms with E-state index in [1.54, 1.807) is 0 Å². The van der Waals surface area contributed by atoms with Crippen molar-refractivity contribution in [2.75, 3.05) is 18.0 Å². The molecule has 0 atom stereocenters. The normalized spacial score (nSPS) is 13.9. The Balaban J connectivity index is 1.73. The smallest absolute Gasteiger partial charge is 0.258 e. The molecule has 3 rings (SSSR count). The summed E-state index contributed by atoms with van der Waals surface area (Å²) in [4.78, 5) is 28.5. The molecule has 0 radical (unpaired) electrons. The molecule has 0 unspecified atom stereocenters. The number of benzene rings is 2. The number of rotatable bonds is 7. The van der Waals surface area contributed by atoms with E-state index < -0.39 is 0 Å². The van der Waals surface area contributed by atoms with Gasteiger partial charge < -0.3 is 9.80 Å². The van der Waals surface area contributed by atoms with E-state index in [2.05, 4.69) is 6.92 Å². The van der Waals surface area contributed by atoms with E-state index >= 15 is 0 Å². The van der Waals surface area contributed by atoms with Crippen LogP contribution in [0.5, 0.6) is 0 Å². The SMILES string of the molecule is CCCCN(C(=O)c1ccc(CN2CCCC2=O)cc1)c1ccccc1. The van der Waals surface area contributed by atoms with Gasteiger partial charge in [0.15, 0.2) is 0 Å². The van der Waals surface area contributed by atoms with Gasteiger partial charge >= 0.3 is 0 Å². The van der Waals surface area contributed by atoms with Crippen LogP contribution >= 0.6 is 0 Å². The summed E-state index contributed by atoms with van der Waals surface area (Å²) in [5.41, 5.74) is 2.68. The average molecular weight is 350 g/mol. The quantitative estimate of drug-likeness (QED) is 0.749. The van der Waals surface area contributed by atoms with E-state index in [0.717, 1.165) is 37.1 Å². The highest BCUT2D eigenvalue weighted by Crippen LogP contribution is 2.19. The summed E-state index contributed by atoms with van der Waals surface area (Å²) in [5, 5.41) is 0. The molecule has 0 aliphatic carbocycles. The number of carbonyl (C=O) groups is 2. The number of amides is 2. The minimum Gasteiger partial charge on any atom is -0.338 e. The van der Waals surface area contributed by atoms with Gasteiger partial charge in [0.25, 0.3) is 5.91 Å². The number of likely N-dealkylation sites (tertiary alicyclic amines) is 1. The number of carbonyl (C=O) groups excluding carboxylic acids is 2. The molecule has 1 fully saturated rings. The van der Waals surface area contributed by atoms with Crippen molar-refractivity contribution in [2.45, 2.75) is 39.2 Å². The third-order valence-corrected chi connectivity index (χ3v) is 4.79. The fourth-order valence-corrected chi connectivity index (χ4v) is 3.27. The second-order valence-electron chi connectivity index (χ2n) is 6.76. The molecule has 0 bridgehead atoms. The summed E-state index contributed by atoms with van der Waals surface area (Å²) in [6, 6.07) is 17.5. The zero-order chi connectivity index (χ0) is 18.4. The van der Waals surface area contributed by atoms with Crippen LogP contribution in [0.3, 0.4) is 0 Å². The molecule has 4 nitrogen and oxygen atoms in total. The van der Waals surface area contributed by atoms with Crippen LogP contribution in [0.1, 0.15) is 48.5 Å². The number of hydrogen-bond donors (Lipinski definition) is 0. The Hall–Kier alpha value is -2.62. The standard InChI is InChI=1S/C22H26N2O2/c1-2-3-16-24(20-8-5-4-6-9-20)22(26)19-13-11-18(12-14-19)17-23-15-7-10-21(23)25/h4-6,8-9,11-14H,2-3,7,10,15-17H2,1H3. The Labute approximate surface area is 155 Å². The topological polar surface area (TPSA) is 40.6 Å². The van der Waals surface area contributed by atoms with Gasteiger partial charge in [-0.15, -0.1) is 0 Å². The van der Waals surface area contributed by atoms with Gasteiger partial charge in [0.05, 0.1) is 0 Å². The highest BCUT2D eigenvalue weighted by molar-refractivity contribution is 6.06. The first-order chi connectivity index (χ1) is 12.7. The first kappa shape index (κ1) is 18.2. The lowest BCUT2D eigenvalue weighted by Crippen LogP contribution is -2.32. The van der Waals surface area contributed by atoms with Crippen LogP contribution in [0.4, 0.5) is 5.69 Å². The Morgan fingerprint density at radius 1 is 1.08 bits per heavy atom. The van der Waals surface area contributed by atoms with Crippen LogP contribution in [0.2, 0.25) is 0 Å². The minimum absolute atomic E-state index is 0.0217. The molecule has 1 saturated heterocycles. The second-order valence-corrected chi connectivity index (χ2v) is 6.76. The van der Waals surface area contributed by atoms with Crippen molar-refractivity contribution in [3.05, 3.63) is 65.7 Å². The van der Waals surface area contributed by atoms with Gasteiger partial charge in [-0.05, 0) is 42.7 Å². The van der Waals surface area contributed by atoms with E-state index in [-0.39, 0.29) is 11.8 Å². The fourth-order valence-electron chi connectivity index (χ4n) is 3.27. The maximum absolute atomic E-state index is 13.0. The molecular formula is C22H26N2O2. The van der Waals surface area contributed by atoms with Gasteiger partial charge in [-0.3, -0.25) is 9.59 Å². The number of para-hydroxylation sites is 1. The van der Waals surface area contributed by atoms with Gasteiger partial charge in [-0.1, -0.05) is 43.7 Å². The largest absolute Gasteiger partial charge is 0.338 e. The average Bonchev–Trinajstić information content (AvgIpc) is 3.08. The van der Waals surface area contributed by atoms with Gasteiger partial charge in [-0.25, -0.2) is 0 Å². The molecule has 0 N–H and O–H groups in total. The molecule has 1 aliphatic rings. The van der Waals surface area contributed by atoms with Gasteiger partial charge in [-0.2, -0.15) is 0 Å². The second kappa shape index (κ2) is 8.65. The third-order valence-electron chi connectivity index (χ3n) is 4.79. The number of anilines is 1. The highest BCUT2D eigenvalue weighted by Gasteiger charge is 2.21. The van der Waals surface area contributed by atoms with E-state index in [4.69, 9.17) is 0 Å². The monoisotopic (exact) mass is 350 g/mol. The molecule has 2 aromatic rings. The molecular weight excluding hydrogens is 324 g/mol. The lowest BCUT2D eigenvalue weighted by atomic mass is 10.1. The molecule has 0 saturated carbocycles. The predicted octanol–water partition coefficient (Wildman–Crippen LogP) is 4.26. The van der Waals surface area contributed by atoms with Crippen molar-refractivity contribution in [1.82, 2.24) is 4.90 Å². The molecule has 0 spiro atoms. The van der Waals surface area contributed by atoms with E-state index in [1.807, 2.05) is 64.4 Å².